The molecule has 0 spiro atoms. The molecule has 2 fully saturated rings. The summed E-state index contributed by atoms with van der Waals surface area (Å²) in [4.78, 5) is 27.2. The van der Waals surface area contributed by atoms with Crippen molar-refractivity contribution >= 4 is 11.9 Å². The van der Waals surface area contributed by atoms with Crippen LogP contribution in [0.25, 0.3) is 0 Å². The van der Waals surface area contributed by atoms with Crippen LogP contribution in [0, 0.1) is 17.6 Å². The van der Waals surface area contributed by atoms with E-state index in [0.29, 0.717) is 19.5 Å². The van der Waals surface area contributed by atoms with Crippen LogP contribution in [0.3, 0.4) is 0 Å². The summed E-state index contributed by atoms with van der Waals surface area (Å²) in [5.74, 6) is -2.33. The Hall–Kier alpha value is -2.02. The Labute approximate surface area is 151 Å². The first-order valence-electron chi connectivity index (χ1n) is 9.02. The SMILES string of the molecule is CN(CC(=O)O)C1CCCN(C(=O)C2CC2c2cc(F)ccc2F)CC1. The fourth-order valence-electron chi connectivity index (χ4n) is 3.93. The van der Waals surface area contributed by atoms with E-state index < -0.39 is 17.6 Å². The molecule has 1 aliphatic carbocycles. The average molecular weight is 366 g/mol. The summed E-state index contributed by atoms with van der Waals surface area (Å²) < 4.78 is 27.3. The fraction of sp³-hybridized carbons (Fsp3) is 0.579. The van der Waals surface area contributed by atoms with Crippen molar-refractivity contribution in [3.05, 3.63) is 35.4 Å². The van der Waals surface area contributed by atoms with Crippen molar-refractivity contribution < 1.29 is 23.5 Å². The number of benzene rings is 1. The van der Waals surface area contributed by atoms with Gasteiger partial charge in [0.25, 0.3) is 0 Å². The van der Waals surface area contributed by atoms with Crippen LogP contribution in [0.2, 0.25) is 0 Å². The van der Waals surface area contributed by atoms with Gasteiger partial charge in [0.2, 0.25) is 5.91 Å². The molecule has 1 aromatic rings. The maximum Gasteiger partial charge on any atom is 0.317 e. The predicted octanol–water partition coefficient (Wildman–Crippen LogP) is 2.47. The quantitative estimate of drug-likeness (QED) is 0.870. The van der Waals surface area contributed by atoms with Gasteiger partial charge in [-0.1, -0.05) is 0 Å². The number of hydrogen-bond donors (Lipinski definition) is 1. The zero-order valence-electron chi connectivity index (χ0n) is 14.8. The number of rotatable bonds is 5. The Kier molecular flexibility index (Phi) is 5.55. The summed E-state index contributed by atoms with van der Waals surface area (Å²) in [7, 11) is 1.79. The van der Waals surface area contributed by atoms with Gasteiger partial charge in [-0.2, -0.15) is 0 Å². The van der Waals surface area contributed by atoms with Gasteiger partial charge in [-0.3, -0.25) is 14.5 Å². The van der Waals surface area contributed by atoms with Crippen LogP contribution in [-0.2, 0) is 9.59 Å². The van der Waals surface area contributed by atoms with Crippen LogP contribution in [0.5, 0.6) is 0 Å². The maximum absolute atomic E-state index is 13.9. The minimum atomic E-state index is -0.859. The highest BCUT2D eigenvalue weighted by Crippen LogP contribution is 2.49. The van der Waals surface area contributed by atoms with Gasteiger partial charge in [-0.05, 0) is 62.4 Å². The van der Waals surface area contributed by atoms with E-state index in [1.54, 1.807) is 11.9 Å². The first-order valence-corrected chi connectivity index (χ1v) is 9.02. The van der Waals surface area contributed by atoms with E-state index in [4.69, 9.17) is 5.11 Å². The summed E-state index contributed by atoms with van der Waals surface area (Å²) in [6, 6.07) is 3.52. The molecule has 1 saturated carbocycles. The van der Waals surface area contributed by atoms with Gasteiger partial charge in [-0.25, -0.2) is 8.78 Å². The molecule has 1 N–H and O–H groups in total. The lowest BCUT2D eigenvalue weighted by atomic mass is 10.1. The first kappa shape index (κ1) is 18.8. The van der Waals surface area contributed by atoms with Crippen LogP contribution < -0.4 is 0 Å². The number of nitrogens with zero attached hydrogens (tertiary/aromatic N) is 2. The second kappa shape index (κ2) is 7.70. The van der Waals surface area contributed by atoms with Gasteiger partial charge in [0, 0.05) is 25.0 Å². The van der Waals surface area contributed by atoms with Gasteiger partial charge in [0.05, 0.1) is 6.54 Å². The molecule has 142 valence electrons. The topological polar surface area (TPSA) is 60.9 Å². The largest absolute Gasteiger partial charge is 0.480 e. The smallest absolute Gasteiger partial charge is 0.317 e. The van der Waals surface area contributed by atoms with Crippen LogP contribution in [0.1, 0.15) is 37.2 Å². The van der Waals surface area contributed by atoms with Crippen LogP contribution >= 0.6 is 0 Å². The normalized spacial score (nSPS) is 25.8. The van der Waals surface area contributed by atoms with E-state index in [9.17, 15) is 18.4 Å². The average Bonchev–Trinajstić information content (AvgIpc) is 3.38. The van der Waals surface area contributed by atoms with Gasteiger partial charge in [0.15, 0.2) is 0 Å². The van der Waals surface area contributed by atoms with E-state index in [1.807, 2.05) is 4.90 Å². The molecule has 1 saturated heterocycles. The number of carboxylic acids is 1. The number of hydrogen-bond acceptors (Lipinski definition) is 3. The highest BCUT2D eigenvalue weighted by Gasteiger charge is 2.47. The molecule has 0 bridgehead atoms. The zero-order valence-corrected chi connectivity index (χ0v) is 14.8. The predicted molar refractivity (Wildman–Crippen MR) is 91.7 cm³/mol. The molecular formula is C19H24F2N2O3. The van der Waals surface area contributed by atoms with Gasteiger partial charge >= 0.3 is 5.97 Å². The molecule has 26 heavy (non-hydrogen) atoms. The third-order valence-corrected chi connectivity index (χ3v) is 5.48. The lowest BCUT2D eigenvalue weighted by Gasteiger charge is -2.25. The first-order chi connectivity index (χ1) is 12.4. The third-order valence-electron chi connectivity index (χ3n) is 5.48. The number of halogens is 2. The van der Waals surface area contributed by atoms with Crippen molar-refractivity contribution in [1.29, 1.82) is 0 Å². The molecule has 3 atom stereocenters. The molecule has 7 heteroatoms. The molecule has 5 nitrogen and oxygen atoms in total. The molecule has 1 aliphatic heterocycles. The molecule has 2 aliphatic rings. The Morgan fingerprint density at radius 3 is 2.77 bits per heavy atom. The Balaban J connectivity index is 1.58. The van der Waals surface area contributed by atoms with Crippen LogP contribution in [0.15, 0.2) is 18.2 Å². The fourth-order valence-corrected chi connectivity index (χ4v) is 3.93. The lowest BCUT2D eigenvalue weighted by Crippen LogP contribution is -2.37. The molecule has 0 aromatic heterocycles. The van der Waals surface area contributed by atoms with Gasteiger partial charge in [0.1, 0.15) is 11.6 Å². The van der Waals surface area contributed by atoms with Crippen molar-refractivity contribution in [2.24, 2.45) is 5.92 Å². The van der Waals surface area contributed by atoms with E-state index in [-0.39, 0.29) is 35.9 Å². The number of likely N-dealkylation sites (N-methyl/N-ethyl adjacent to an activating group) is 1. The van der Waals surface area contributed by atoms with Crippen molar-refractivity contribution in [1.82, 2.24) is 9.80 Å². The van der Waals surface area contributed by atoms with E-state index >= 15 is 0 Å². The highest BCUT2D eigenvalue weighted by atomic mass is 19.1. The number of carbonyl (C=O) groups is 2. The maximum atomic E-state index is 13.9. The summed E-state index contributed by atoms with van der Waals surface area (Å²) >= 11 is 0. The summed E-state index contributed by atoms with van der Waals surface area (Å²) in [6.45, 7) is 1.19. The summed E-state index contributed by atoms with van der Waals surface area (Å²) in [5, 5.41) is 8.92. The molecular weight excluding hydrogens is 342 g/mol. The Morgan fingerprint density at radius 1 is 1.27 bits per heavy atom. The second-order valence-corrected chi connectivity index (χ2v) is 7.33. The number of carboxylic acid groups (broad SMARTS) is 1. The van der Waals surface area contributed by atoms with Crippen LogP contribution in [0.4, 0.5) is 8.78 Å². The van der Waals surface area contributed by atoms with Crippen LogP contribution in [-0.4, -0.2) is 59.5 Å². The second-order valence-electron chi connectivity index (χ2n) is 7.33. The molecule has 3 unspecified atom stereocenters. The highest BCUT2D eigenvalue weighted by molar-refractivity contribution is 5.83. The van der Waals surface area contributed by atoms with Crippen molar-refractivity contribution in [2.45, 2.75) is 37.6 Å². The monoisotopic (exact) mass is 366 g/mol. The number of carbonyl (C=O) groups excluding carboxylic acids is 1. The number of aliphatic carboxylic acids is 1. The number of amides is 1. The van der Waals surface area contributed by atoms with Crippen molar-refractivity contribution in [3.63, 3.8) is 0 Å². The van der Waals surface area contributed by atoms with Gasteiger partial charge < -0.3 is 10.0 Å². The molecule has 1 aromatic carbocycles. The minimum absolute atomic E-state index is 0.000184. The standard InChI is InChI=1S/C19H24F2N2O3/c1-22(11-18(24)25)13-3-2-7-23(8-6-13)19(26)16-10-14(16)15-9-12(20)4-5-17(15)21/h4-5,9,13-14,16H,2-3,6-8,10-11H2,1H3,(H,24,25). The summed E-state index contributed by atoms with van der Waals surface area (Å²) in [5.41, 5.74) is 0.289. The Morgan fingerprint density at radius 2 is 2.04 bits per heavy atom. The van der Waals surface area contributed by atoms with E-state index in [0.717, 1.165) is 31.4 Å². The van der Waals surface area contributed by atoms with Crippen molar-refractivity contribution in [3.8, 4) is 0 Å². The molecule has 3 rings (SSSR count). The minimum Gasteiger partial charge on any atom is -0.480 e. The molecule has 1 heterocycles. The molecule has 0 radical (unpaired) electrons. The number of likely N-dealkylation sites (tertiary alicyclic amines) is 1. The van der Waals surface area contributed by atoms with Crippen molar-refractivity contribution in [2.75, 3.05) is 26.7 Å². The van der Waals surface area contributed by atoms with E-state index in [2.05, 4.69) is 0 Å². The van der Waals surface area contributed by atoms with Gasteiger partial charge in [-0.15, -0.1) is 0 Å². The zero-order chi connectivity index (χ0) is 18.8. The van der Waals surface area contributed by atoms with E-state index in [1.165, 1.54) is 6.07 Å². The summed E-state index contributed by atoms with van der Waals surface area (Å²) in [6.07, 6.45) is 2.94. The Bertz CT molecular complexity index is 697. The third kappa shape index (κ3) is 4.20. The lowest BCUT2D eigenvalue weighted by molar-refractivity contribution is -0.138. The molecule has 1 amide bonds.